The Morgan fingerprint density at radius 2 is 1.26 bits per heavy atom. The molecular formula is C63H87NO18. The minimum Gasteiger partial charge on any atom is -0.481 e. The van der Waals surface area contributed by atoms with Gasteiger partial charge >= 0.3 is 18.0 Å². The molecule has 3 aliphatic rings. The van der Waals surface area contributed by atoms with E-state index < -0.39 is 147 Å². The van der Waals surface area contributed by atoms with Crippen LogP contribution in [0.25, 0.3) is 11.1 Å². The van der Waals surface area contributed by atoms with Crippen LogP contribution >= 0.6 is 0 Å². The number of aliphatic hydroxyl groups is 9. The molecule has 1 aliphatic carbocycles. The summed E-state index contributed by atoms with van der Waals surface area (Å²) in [6, 6.07) is 15.0. The zero-order valence-electron chi connectivity index (χ0n) is 47.7. The molecule has 19 nitrogen and oxygen atoms in total. The molecule has 2 aromatic rings. The molecule has 2 aromatic carbocycles. The largest absolute Gasteiger partial charge is 0.481 e. The number of alkyl carbamates (subject to hydrolysis) is 1. The maximum absolute atomic E-state index is 13.1. The number of benzene rings is 2. The van der Waals surface area contributed by atoms with Crippen LogP contribution in [-0.2, 0) is 33.3 Å². The zero-order chi connectivity index (χ0) is 60.1. The fraction of sp³-hybridized carbons (Fsp3) is 0.540. The minimum atomic E-state index is -2.33. The van der Waals surface area contributed by atoms with Crippen LogP contribution in [0.1, 0.15) is 110 Å². The average molecular weight is 1150 g/mol. The van der Waals surface area contributed by atoms with Crippen LogP contribution in [-0.4, -0.2) is 167 Å². The van der Waals surface area contributed by atoms with Gasteiger partial charge in [-0.25, -0.2) is 4.79 Å². The number of ether oxygens (including phenoxy) is 5. The van der Waals surface area contributed by atoms with Crippen molar-refractivity contribution in [3.05, 3.63) is 145 Å². The van der Waals surface area contributed by atoms with Gasteiger partial charge in [-0.3, -0.25) is 9.59 Å². The van der Waals surface area contributed by atoms with Crippen LogP contribution in [0.4, 0.5) is 4.79 Å². The van der Waals surface area contributed by atoms with E-state index in [4.69, 9.17) is 23.7 Å². The summed E-state index contributed by atoms with van der Waals surface area (Å²) in [5, 5.41) is 112. The third kappa shape index (κ3) is 20.9. The van der Waals surface area contributed by atoms with Gasteiger partial charge in [0.25, 0.3) is 0 Å². The number of carbonyl (C=O) groups excluding carboxylic acids is 2. The van der Waals surface area contributed by atoms with Crippen molar-refractivity contribution in [1.29, 1.82) is 0 Å². The summed E-state index contributed by atoms with van der Waals surface area (Å²) in [6.45, 7) is 10.0. The highest BCUT2D eigenvalue weighted by Crippen LogP contribution is 2.45. The van der Waals surface area contributed by atoms with Crippen LogP contribution in [0.15, 0.2) is 134 Å². The number of hydrogen-bond donors (Lipinski definition) is 11. The Morgan fingerprint density at radius 1 is 0.695 bits per heavy atom. The molecule has 3 unspecified atom stereocenters. The molecule has 0 radical (unpaired) electrons. The number of carbonyl (C=O) groups is 3. The monoisotopic (exact) mass is 1150 g/mol. The first-order valence-corrected chi connectivity index (χ1v) is 28.3. The van der Waals surface area contributed by atoms with E-state index in [2.05, 4.69) is 5.32 Å². The lowest BCUT2D eigenvalue weighted by Crippen LogP contribution is -2.56. The number of amides is 1. The summed E-state index contributed by atoms with van der Waals surface area (Å²) in [5.41, 5.74) is 4.25. The van der Waals surface area contributed by atoms with Crippen molar-refractivity contribution in [3.63, 3.8) is 0 Å². The predicted molar refractivity (Wildman–Crippen MR) is 306 cm³/mol. The lowest BCUT2D eigenvalue weighted by molar-refractivity contribution is -0.302. The highest BCUT2D eigenvalue weighted by molar-refractivity contribution is 5.79. The summed E-state index contributed by atoms with van der Waals surface area (Å²) < 4.78 is 29.6. The third-order valence-corrected chi connectivity index (χ3v) is 15.3. The fourth-order valence-corrected chi connectivity index (χ4v) is 10.6. The van der Waals surface area contributed by atoms with E-state index in [0.29, 0.717) is 0 Å². The van der Waals surface area contributed by atoms with E-state index in [1.807, 2.05) is 85.8 Å². The van der Waals surface area contributed by atoms with E-state index in [0.717, 1.165) is 22.3 Å². The summed E-state index contributed by atoms with van der Waals surface area (Å²) in [7, 11) is 0. The normalized spacial score (nSPS) is 34.9. The molecule has 2 aliphatic heterocycles. The van der Waals surface area contributed by atoms with Gasteiger partial charge in [0.15, 0.2) is 12.1 Å². The molecule has 2 bridgehead atoms. The number of carboxylic acids is 1. The number of allylic oxidation sites excluding steroid dienone is 12. The van der Waals surface area contributed by atoms with E-state index >= 15 is 0 Å². The molecule has 1 amide bonds. The molecule has 19 heteroatoms. The van der Waals surface area contributed by atoms with E-state index in [9.17, 15) is 65.4 Å². The number of cyclic esters (lactones) is 1. The number of fused-ring (bicyclic) bond motifs is 5. The van der Waals surface area contributed by atoms with Crippen molar-refractivity contribution < 1.29 is 89.1 Å². The second-order valence-electron chi connectivity index (χ2n) is 22.0. The highest BCUT2D eigenvalue weighted by atomic mass is 16.7. The predicted octanol–water partition coefficient (Wildman–Crippen LogP) is 5.96. The Morgan fingerprint density at radius 3 is 1.84 bits per heavy atom. The Labute approximate surface area is 481 Å². The lowest BCUT2D eigenvalue weighted by Gasteiger charge is -2.44. The van der Waals surface area contributed by atoms with Crippen molar-refractivity contribution in [2.75, 3.05) is 6.61 Å². The lowest BCUT2D eigenvalue weighted by atomic mass is 9.82. The zero-order valence-corrected chi connectivity index (χ0v) is 47.7. The summed E-state index contributed by atoms with van der Waals surface area (Å²) in [6.07, 6.45) is 4.74. The first-order valence-electron chi connectivity index (χ1n) is 28.3. The maximum atomic E-state index is 13.1. The Balaban J connectivity index is 1.28. The number of hydrogen-bond acceptors (Lipinski definition) is 17. The fourth-order valence-electron chi connectivity index (χ4n) is 10.6. The number of carboxylic acid groups (broad SMARTS) is 1. The van der Waals surface area contributed by atoms with Gasteiger partial charge in [0, 0.05) is 43.4 Å². The number of nitrogens with one attached hydrogen (secondary N) is 1. The number of rotatable bonds is 10. The van der Waals surface area contributed by atoms with Crippen LogP contribution < -0.4 is 5.32 Å². The van der Waals surface area contributed by atoms with Crippen LogP contribution in [0.3, 0.4) is 0 Å². The molecule has 1 fully saturated rings. The molecule has 0 spiro atoms. The Hall–Kier alpha value is -5.65. The summed E-state index contributed by atoms with van der Waals surface area (Å²) in [5.74, 6) is -7.00. The third-order valence-electron chi connectivity index (χ3n) is 15.3. The second kappa shape index (κ2) is 33.0. The molecule has 2 heterocycles. The van der Waals surface area contributed by atoms with Crippen LogP contribution in [0.5, 0.6) is 0 Å². The second-order valence-corrected chi connectivity index (χ2v) is 22.0. The van der Waals surface area contributed by atoms with Crippen molar-refractivity contribution >= 4 is 18.0 Å². The van der Waals surface area contributed by atoms with Crippen molar-refractivity contribution in [1.82, 2.24) is 5.32 Å². The van der Waals surface area contributed by atoms with Gasteiger partial charge in [0.1, 0.15) is 18.6 Å². The van der Waals surface area contributed by atoms with Gasteiger partial charge in [-0.2, -0.15) is 0 Å². The van der Waals surface area contributed by atoms with Crippen molar-refractivity contribution in [2.45, 2.75) is 190 Å². The minimum absolute atomic E-state index is 0.0675. The van der Waals surface area contributed by atoms with Crippen molar-refractivity contribution in [3.8, 4) is 11.1 Å². The molecule has 0 aromatic heterocycles. The van der Waals surface area contributed by atoms with Gasteiger partial charge in [-0.1, -0.05) is 147 Å². The Bertz CT molecular complexity index is 2500. The highest BCUT2D eigenvalue weighted by Gasteiger charge is 2.50. The molecule has 5 rings (SSSR count). The summed E-state index contributed by atoms with van der Waals surface area (Å²) >= 11 is 0. The molecular weight excluding hydrogens is 1060 g/mol. The van der Waals surface area contributed by atoms with Gasteiger partial charge < -0.3 is 80.1 Å². The topological polar surface area (TPSA) is 312 Å². The molecule has 18 atom stereocenters. The van der Waals surface area contributed by atoms with Gasteiger partial charge in [-0.15, -0.1) is 0 Å². The maximum Gasteiger partial charge on any atom is 0.407 e. The van der Waals surface area contributed by atoms with Crippen LogP contribution in [0, 0.1) is 17.8 Å². The van der Waals surface area contributed by atoms with E-state index in [1.54, 1.807) is 89.3 Å². The summed E-state index contributed by atoms with van der Waals surface area (Å²) in [4.78, 5) is 38.5. The first kappa shape index (κ1) is 67.1. The SMILES string of the molecule is CC(NC(=O)OCC1c2ccccc2-c2ccccc21)C(O)C(C)O[C@H](C)O[C@H]1/C=C/C=C/C=C/C=C/C=C/C=C/C=C/[C@H](C)[C@@H](O)[C@@H](C)[C@H](C)OC(=O)C[C@H](O)C[C@H](O)CC[C@@H](O)[C@H](O)C[C@H](O)C[C@]2(O)C[C@H](O)[C@@H](C(=O)O)[C@H](C1)O2. The number of aliphatic hydroxyl groups excluding tert-OH is 8. The molecule has 452 valence electrons. The van der Waals surface area contributed by atoms with Gasteiger partial charge in [0.05, 0.1) is 79.6 Å². The average Bonchev–Trinajstić information content (AvgIpc) is 2.87. The molecule has 1 saturated heterocycles. The van der Waals surface area contributed by atoms with Crippen LogP contribution in [0.2, 0.25) is 0 Å². The number of esters is 1. The van der Waals surface area contributed by atoms with E-state index in [-0.39, 0.29) is 44.1 Å². The van der Waals surface area contributed by atoms with Gasteiger partial charge in [-0.05, 0) is 69.2 Å². The number of aliphatic carboxylic acids is 1. The van der Waals surface area contributed by atoms with Gasteiger partial charge in [0.2, 0.25) is 0 Å². The van der Waals surface area contributed by atoms with E-state index in [1.165, 1.54) is 0 Å². The molecule has 0 saturated carbocycles. The van der Waals surface area contributed by atoms with Crippen molar-refractivity contribution in [2.24, 2.45) is 17.8 Å². The standard InChI is InChI=1S/C63H87NO18/c1-38-23-17-15-13-11-9-7-8-10-12-14-16-18-24-47(81-43(6)79-42(5)60(73)40(3)64-62(76)78-37-52-50-27-21-19-25-48(50)49-26-20-22-28-51(49)52)34-56-58(61(74)75)55(70)36-63(77,82-56)35-46(67)32-54(69)53(68)30-29-44(65)31-45(66)33-57(71)80-41(4)39(2)59(38)72/h7-28,38-47,52-56,58-60,65-70,72-73,77H,29-37H2,1-6H3,(H,64,76)(H,74,75)/b8-7+,11-9+,12-10+,15-13+,16-14+,23-17+,24-18+/t38-,39-,40?,41-,42?,43-,44+,45+,46-,47-,53+,54+,55-,56-,58+,59+,60?,63+/m0/s1. The smallest absolute Gasteiger partial charge is 0.407 e. The quantitative estimate of drug-likeness (QED) is 0.0966. The molecule has 82 heavy (non-hydrogen) atoms. The Kier molecular flexibility index (Phi) is 27.0. The molecule has 11 N–H and O–H groups in total. The first-order chi connectivity index (χ1) is 39.0.